The summed E-state index contributed by atoms with van der Waals surface area (Å²) in [6.07, 6.45) is 1.09. The maximum Gasteiger partial charge on any atom is 0.355 e. The van der Waals surface area contributed by atoms with E-state index in [9.17, 15) is 9.59 Å². The molecule has 2 N–H and O–H groups in total. The molecule has 6 heteroatoms. The van der Waals surface area contributed by atoms with E-state index in [4.69, 9.17) is 5.11 Å². The summed E-state index contributed by atoms with van der Waals surface area (Å²) in [7, 11) is 0. The average molecular weight is 318 g/mol. The molecule has 0 bridgehead atoms. The number of aromatic carboxylic acids is 1. The van der Waals surface area contributed by atoms with Crippen LogP contribution in [0.3, 0.4) is 0 Å². The summed E-state index contributed by atoms with van der Waals surface area (Å²) in [6, 6.07) is 6.21. The molecule has 0 aliphatic heterocycles. The zero-order valence-electron chi connectivity index (χ0n) is 12.5. The fourth-order valence-corrected chi connectivity index (χ4v) is 2.84. The van der Waals surface area contributed by atoms with Crippen molar-refractivity contribution in [3.05, 3.63) is 51.0 Å². The zero-order chi connectivity index (χ0) is 16.1. The van der Waals surface area contributed by atoms with Gasteiger partial charge < -0.3 is 10.4 Å². The molecule has 0 unspecified atom stereocenters. The van der Waals surface area contributed by atoms with Gasteiger partial charge in [0.15, 0.2) is 5.69 Å². The van der Waals surface area contributed by atoms with Gasteiger partial charge in [-0.2, -0.15) is 0 Å². The van der Waals surface area contributed by atoms with Crippen molar-refractivity contribution in [3.8, 4) is 0 Å². The molecule has 1 heterocycles. The molecule has 2 rings (SSSR count). The molecule has 0 aliphatic rings. The monoisotopic (exact) mass is 318 g/mol. The highest BCUT2D eigenvalue weighted by molar-refractivity contribution is 7.09. The third-order valence-electron chi connectivity index (χ3n) is 3.33. The molecule has 0 spiro atoms. The van der Waals surface area contributed by atoms with Crippen LogP contribution in [0.1, 0.15) is 38.6 Å². The van der Waals surface area contributed by atoms with Crippen LogP contribution in [0.2, 0.25) is 0 Å². The lowest BCUT2D eigenvalue weighted by Gasteiger charge is -2.07. The topological polar surface area (TPSA) is 79.3 Å². The van der Waals surface area contributed by atoms with Gasteiger partial charge in [-0.1, -0.05) is 23.8 Å². The first-order valence-electron chi connectivity index (χ1n) is 6.96. The summed E-state index contributed by atoms with van der Waals surface area (Å²) in [5, 5.41) is 13.6. The molecule has 5 nitrogen and oxygen atoms in total. The van der Waals surface area contributed by atoms with E-state index in [0.29, 0.717) is 17.8 Å². The second-order valence-electron chi connectivity index (χ2n) is 5.14. The largest absolute Gasteiger partial charge is 0.476 e. The van der Waals surface area contributed by atoms with E-state index in [-0.39, 0.29) is 18.1 Å². The number of nitrogens with one attached hydrogen (secondary N) is 1. The molecule has 1 aromatic carbocycles. The van der Waals surface area contributed by atoms with E-state index in [1.165, 1.54) is 33.4 Å². The predicted octanol–water partition coefficient (Wildman–Crippen LogP) is 2.71. The third-order valence-corrected chi connectivity index (χ3v) is 4.18. The summed E-state index contributed by atoms with van der Waals surface area (Å²) in [5.41, 5.74) is 3.59. The molecule has 2 aromatic rings. The molecule has 0 radical (unpaired) electrons. The van der Waals surface area contributed by atoms with Crippen LogP contribution in [0.4, 0.5) is 0 Å². The molecule has 0 saturated carbocycles. The maximum absolute atomic E-state index is 11.9. The summed E-state index contributed by atoms with van der Waals surface area (Å²) in [6.45, 7) is 4.36. The highest BCUT2D eigenvalue weighted by Crippen LogP contribution is 2.13. The lowest BCUT2D eigenvalue weighted by Crippen LogP contribution is -2.23. The Hall–Kier alpha value is -2.21. The van der Waals surface area contributed by atoms with Gasteiger partial charge in [-0.15, -0.1) is 11.3 Å². The number of aryl methyl sites for hydroxylation is 3. The van der Waals surface area contributed by atoms with Crippen LogP contribution in [-0.2, 0) is 17.8 Å². The van der Waals surface area contributed by atoms with Gasteiger partial charge in [0.05, 0.1) is 6.54 Å². The Labute approximate surface area is 133 Å². The molecule has 0 aliphatic carbocycles. The molecule has 0 fully saturated rings. The molecule has 0 saturated heterocycles. The Balaban J connectivity index is 1.81. The van der Waals surface area contributed by atoms with E-state index in [1.54, 1.807) is 0 Å². The first-order chi connectivity index (χ1) is 10.5. The average Bonchev–Trinajstić information content (AvgIpc) is 2.93. The Morgan fingerprint density at radius 3 is 2.73 bits per heavy atom. The van der Waals surface area contributed by atoms with Gasteiger partial charge in [-0.25, -0.2) is 9.78 Å². The second kappa shape index (κ2) is 7.17. The first-order valence-corrected chi connectivity index (χ1v) is 7.84. The minimum atomic E-state index is -1.05. The van der Waals surface area contributed by atoms with Crippen LogP contribution < -0.4 is 5.32 Å². The second-order valence-corrected chi connectivity index (χ2v) is 6.08. The summed E-state index contributed by atoms with van der Waals surface area (Å²) >= 11 is 1.23. The Bertz CT molecular complexity index is 694. The zero-order valence-corrected chi connectivity index (χ0v) is 13.4. The van der Waals surface area contributed by atoms with Crippen molar-refractivity contribution in [1.82, 2.24) is 10.3 Å². The SMILES string of the molecule is Cc1ccc(CCC(=O)NCc2nc(C(=O)O)cs2)c(C)c1. The number of hydrogen-bond donors (Lipinski definition) is 2. The van der Waals surface area contributed by atoms with Gasteiger partial charge in [0.1, 0.15) is 5.01 Å². The van der Waals surface area contributed by atoms with Gasteiger partial charge in [0, 0.05) is 11.8 Å². The smallest absolute Gasteiger partial charge is 0.355 e. The number of carboxylic acid groups (broad SMARTS) is 1. The normalized spacial score (nSPS) is 10.5. The number of carbonyl (C=O) groups excluding carboxylic acids is 1. The number of nitrogens with zero attached hydrogens (tertiary/aromatic N) is 1. The molecule has 0 atom stereocenters. The number of hydrogen-bond acceptors (Lipinski definition) is 4. The van der Waals surface area contributed by atoms with E-state index in [0.717, 1.165) is 0 Å². The molecular formula is C16H18N2O3S. The summed E-state index contributed by atoms with van der Waals surface area (Å²) in [5.74, 6) is -1.12. The first kappa shape index (κ1) is 16.2. The predicted molar refractivity (Wildman–Crippen MR) is 85.2 cm³/mol. The van der Waals surface area contributed by atoms with Crippen molar-refractivity contribution in [1.29, 1.82) is 0 Å². The van der Waals surface area contributed by atoms with Crippen LogP contribution >= 0.6 is 11.3 Å². The highest BCUT2D eigenvalue weighted by atomic mass is 32.1. The molecular weight excluding hydrogens is 300 g/mol. The standard InChI is InChI=1S/C16H18N2O3S/c1-10-3-4-12(11(2)7-10)5-6-14(19)17-8-15-18-13(9-22-15)16(20)21/h3-4,7,9H,5-6,8H2,1-2H3,(H,17,19)(H,20,21). The van der Waals surface area contributed by atoms with Crippen molar-refractivity contribution in [2.45, 2.75) is 33.2 Å². The number of aromatic nitrogens is 1. The maximum atomic E-state index is 11.9. The van der Waals surface area contributed by atoms with Gasteiger partial charge in [0.2, 0.25) is 5.91 Å². The van der Waals surface area contributed by atoms with Gasteiger partial charge in [-0.3, -0.25) is 4.79 Å². The van der Waals surface area contributed by atoms with E-state index in [1.807, 2.05) is 19.9 Å². The number of rotatable bonds is 6. The number of benzene rings is 1. The molecule has 1 aromatic heterocycles. The lowest BCUT2D eigenvalue weighted by molar-refractivity contribution is -0.121. The number of thiazole rings is 1. The minimum absolute atomic E-state index is 0.0181. The van der Waals surface area contributed by atoms with Gasteiger partial charge in [0.25, 0.3) is 0 Å². The lowest BCUT2D eigenvalue weighted by atomic mass is 10.0. The minimum Gasteiger partial charge on any atom is -0.476 e. The van der Waals surface area contributed by atoms with Gasteiger partial charge in [-0.05, 0) is 31.4 Å². The summed E-state index contributed by atoms with van der Waals surface area (Å²) in [4.78, 5) is 26.5. The van der Waals surface area contributed by atoms with Crippen molar-refractivity contribution in [2.75, 3.05) is 0 Å². The van der Waals surface area contributed by atoms with E-state index in [2.05, 4.69) is 22.4 Å². The molecule has 116 valence electrons. The van der Waals surface area contributed by atoms with Crippen molar-refractivity contribution >= 4 is 23.2 Å². The summed E-state index contributed by atoms with van der Waals surface area (Å²) < 4.78 is 0. The van der Waals surface area contributed by atoms with E-state index >= 15 is 0 Å². The quantitative estimate of drug-likeness (QED) is 0.858. The third kappa shape index (κ3) is 4.39. The number of amides is 1. The van der Waals surface area contributed by atoms with Gasteiger partial charge >= 0.3 is 5.97 Å². The fourth-order valence-electron chi connectivity index (χ4n) is 2.13. The Kier molecular flexibility index (Phi) is 5.27. The van der Waals surface area contributed by atoms with Crippen LogP contribution in [0, 0.1) is 13.8 Å². The van der Waals surface area contributed by atoms with Crippen molar-refractivity contribution < 1.29 is 14.7 Å². The Morgan fingerprint density at radius 2 is 2.09 bits per heavy atom. The number of carbonyl (C=O) groups is 2. The Morgan fingerprint density at radius 1 is 1.32 bits per heavy atom. The van der Waals surface area contributed by atoms with Crippen LogP contribution in [0.5, 0.6) is 0 Å². The molecule has 1 amide bonds. The van der Waals surface area contributed by atoms with Crippen LogP contribution in [0.25, 0.3) is 0 Å². The van der Waals surface area contributed by atoms with Crippen LogP contribution in [-0.4, -0.2) is 22.0 Å². The van der Waals surface area contributed by atoms with Crippen molar-refractivity contribution in [3.63, 3.8) is 0 Å². The molecule has 22 heavy (non-hydrogen) atoms. The van der Waals surface area contributed by atoms with Crippen LogP contribution in [0.15, 0.2) is 23.6 Å². The van der Waals surface area contributed by atoms with E-state index < -0.39 is 5.97 Å². The fraction of sp³-hybridized carbons (Fsp3) is 0.312. The highest BCUT2D eigenvalue weighted by Gasteiger charge is 2.10. The number of carboxylic acids is 1. The van der Waals surface area contributed by atoms with Crippen molar-refractivity contribution in [2.24, 2.45) is 0 Å².